The minimum atomic E-state index is -0.413. The molecule has 0 radical (unpaired) electrons. The van der Waals surface area contributed by atoms with Crippen LogP contribution in [0, 0.1) is 5.41 Å². The molecule has 1 unspecified atom stereocenters. The lowest BCUT2D eigenvalue weighted by Crippen LogP contribution is -2.28. The molecule has 1 fully saturated rings. The molecule has 1 aliphatic heterocycles. The summed E-state index contributed by atoms with van der Waals surface area (Å²) in [6, 6.07) is 5.83. The quantitative estimate of drug-likeness (QED) is 0.887. The summed E-state index contributed by atoms with van der Waals surface area (Å²) in [5, 5.41) is 10.7. The molecule has 1 aromatic carbocycles. The lowest BCUT2D eigenvalue weighted by Gasteiger charge is -2.38. The van der Waals surface area contributed by atoms with Gasteiger partial charge in [-0.05, 0) is 36.0 Å². The van der Waals surface area contributed by atoms with Crippen LogP contribution in [0.1, 0.15) is 50.7 Å². The molecule has 1 N–H and O–H groups in total. The fraction of sp³-hybridized carbons (Fsp3) is 0.625. The van der Waals surface area contributed by atoms with Crippen LogP contribution < -0.4 is 9.47 Å². The summed E-state index contributed by atoms with van der Waals surface area (Å²) in [4.78, 5) is 0. The van der Waals surface area contributed by atoms with E-state index >= 15 is 0 Å². The number of hydrogen-bond donors (Lipinski definition) is 1. The molecule has 1 aromatic rings. The summed E-state index contributed by atoms with van der Waals surface area (Å²) < 4.78 is 11.1. The maximum atomic E-state index is 10.7. The van der Waals surface area contributed by atoms with Gasteiger partial charge in [-0.1, -0.05) is 32.3 Å². The Hall–Kier alpha value is -1.22. The van der Waals surface area contributed by atoms with Crippen LogP contribution in [-0.2, 0) is 0 Å². The highest BCUT2D eigenvalue weighted by atomic mass is 16.6. The molecule has 19 heavy (non-hydrogen) atoms. The van der Waals surface area contributed by atoms with E-state index in [-0.39, 0.29) is 5.41 Å². The Balaban J connectivity index is 1.84. The molecule has 0 bridgehead atoms. The number of rotatable bonds is 2. The molecule has 0 amide bonds. The van der Waals surface area contributed by atoms with Crippen molar-refractivity contribution < 1.29 is 14.6 Å². The zero-order valence-electron chi connectivity index (χ0n) is 11.5. The summed E-state index contributed by atoms with van der Waals surface area (Å²) in [6.45, 7) is 3.39. The Kier molecular flexibility index (Phi) is 3.40. The van der Waals surface area contributed by atoms with Crippen molar-refractivity contribution in [2.24, 2.45) is 5.41 Å². The largest absolute Gasteiger partial charge is 0.486 e. The predicted octanol–water partition coefficient (Wildman–Crippen LogP) is 3.46. The van der Waals surface area contributed by atoms with Gasteiger partial charge >= 0.3 is 0 Å². The zero-order chi connectivity index (χ0) is 13.3. The second-order valence-electron chi connectivity index (χ2n) is 6.02. The molecule has 2 aliphatic rings. The number of fused-ring (bicyclic) bond motifs is 1. The van der Waals surface area contributed by atoms with Gasteiger partial charge in [-0.3, -0.25) is 0 Å². The first-order valence-corrected chi connectivity index (χ1v) is 7.27. The Morgan fingerprint density at radius 3 is 2.47 bits per heavy atom. The van der Waals surface area contributed by atoms with Crippen LogP contribution in [0.4, 0.5) is 0 Å². The van der Waals surface area contributed by atoms with E-state index < -0.39 is 6.10 Å². The van der Waals surface area contributed by atoms with Crippen LogP contribution in [0.15, 0.2) is 18.2 Å². The third-order valence-electron chi connectivity index (χ3n) is 4.54. The van der Waals surface area contributed by atoms with Crippen LogP contribution in [0.25, 0.3) is 0 Å². The fourth-order valence-electron chi connectivity index (χ4n) is 3.27. The number of hydrogen-bond acceptors (Lipinski definition) is 3. The van der Waals surface area contributed by atoms with Gasteiger partial charge in [-0.25, -0.2) is 0 Å². The van der Waals surface area contributed by atoms with E-state index in [1.807, 2.05) is 18.2 Å². The van der Waals surface area contributed by atoms with Gasteiger partial charge in [-0.2, -0.15) is 0 Å². The van der Waals surface area contributed by atoms with E-state index in [2.05, 4.69) is 6.92 Å². The minimum Gasteiger partial charge on any atom is -0.486 e. The first kappa shape index (κ1) is 12.8. The number of ether oxygens (including phenoxy) is 2. The van der Waals surface area contributed by atoms with Gasteiger partial charge in [-0.15, -0.1) is 0 Å². The van der Waals surface area contributed by atoms with E-state index in [0.717, 1.165) is 29.9 Å². The molecule has 1 atom stereocenters. The number of aliphatic hydroxyl groups is 1. The summed E-state index contributed by atoms with van der Waals surface area (Å²) in [6.07, 6.45) is 5.52. The van der Waals surface area contributed by atoms with E-state index in [0.29, 0.717) is 13.2 Å². The maximum absolute atomic E-state index is 10.7. The van der Waals surface area contributed by atoms with Gasteiger partial charge in [0.1, 0.15) is 13.2 Å². The van der Waals surface area contributed by atoms with Crippen LogP contribution in [-0.4, -0.2) is 18.3 Å². The molecular formula is C16H22O3. The predicted molar refractivity (Wildman–Crippen MR) is 73.6 cm³/mol. The highest BCUT2D eigenvalue weighted by Crippen LogP contribution is 2.46. The van der Waals surface area contributed by atoms with E-state index in [9.17, 15) is 5.11 Å². The summed E-state index contributed by atoms with van der Waals surface area (Å²) in [7, 11) is 0. The smallest absolute Gasteiger partial charge is 0.161 e. The van der Waals surface area contributed by atoms with E-state index in [1.54, 1.807) is 0 Å². The van der Waals surface area contributed by atoms with Gasteiger partial charge in [0, 0.05) is 0 Å². The van der Waals surface area contributed by atoms with Crippen LogP contribution in [0.3, 0.4) is 0 Å². The number of benzene rings is 1. The minimum absolute atomic E-state index is 0.00199. The standard InChI is InChI=1S/C16H22O3/c1-16(7-3-2-4-8-16)15(17)12-5-6-13-14(11-12)19-10-9-18-13/h5-6,11,15,17H,2-4,7-10H2,1H3. The van der Waals surface area contributed by atoms with E-state index in [1.165, 1.54) is 19.3 Å². The normalized spacial score (nSPS) is 22.8. The lowest BCUT2D eigenvalue weighted by molar-refractivity contribution is 0.00787. The van der Waals surface area contributed by atoms with Gasteiger partial charge < -0.3 is 14.6 Å². The first-order valence-electron chi connectivity index (χ1n) is 7.27. The Labute approximate surface area is 114 Å². The molecule has 104 valence electrons. The molecule has 0 spiro atoms. The van der Waals surface area contributed by atoms with Crippen molar-refractivity contribution in [3.05, 3.63) is 23.8 Å². The zero-order valence-corrected chi connectivity index (χ0v) is 11.5. The van der Waals surface area contributed by atoms with Gasteiger partial charge in [0.15, 0.2) is 11.5 Å². The molecule has 1 aliphatic carbocycles. The SMILES string of the molecule is CC1(C(O)c2ccc3c(c2)OCCO3)CCCCC1. The Morgan fingerprint density at radius 2 is 1.74 bits per heavy atom. The van der Waals surface area contributed by atoms with Crippen molar-refractivity contribution in [1.29, 1.82) is 0 Å². The van der Waals surface area contributed by atoms with Crippen molar-refractivity contribution >= 4 is 0 Å². The number of aliphatic hydroxyl groups excluding tert-OH is 1. The molecule has 1 heterocycles. The monoisotopic (exact) mass is 262 g/mol. The first-order chi connectivity index (χ1) is 9.19. The van der Waals surface area contributed by atoms with Gasteiger partial charge in [0.05, 0.1) is 6.10 Å². The van der Waals surface area contributed by atoms with Gasteiger partial charge in [0.25, 0.3) is 0 Å². The molecule has 3 nitrogen and oxygen atoms in total. The molecule has 3 heteroatoms. The molecule has 0 saturated heterocycles. The second-order valence-corrected chi connectivity index (χ2v) is 6.02. The molecule has 0 aromatic heterocycles. The molecule has 1 saturated carbocycles. The average molecular weight is 262 g/mol. The van der Waals surface area contributed by atoms with Crippen molar-refractivity contribution in [3.63, 3.8) is 0 Å². The topological polar surface area (TPSA) is 38.7 Å². The maximum Gasteiger partial charge on any atom is 0.161 e. The second kappa shape index (κ2) is 5.04. The van der Waals surface area contributed by atoms with Crippen molar-refractivity contribution in [1.82, 2.24) is 0 Å². The highest BCUT2D eigenvalue weighted by Gasteiger charge is 2.35. The fourth-order valence-corrected chi connectivity index (χ4v) is 3.27. The summed E-state index contributed by atoms with van der Waals surface area (Å²) >= 11 is 0. The van der Waals surface area contributed by atoms with Crippen molar-refractivity contribution in [3.8, 4) is 11.5 Å². The van der Waals surface area contributed by atoms with E-state index in [4.69, 9.17) is 9.47 Å². The van der Waals surface area contributed by atoms with Gasteiger partial charge in [0.2, 0.25) is 0 Å². The summed E-state index contributed by atoms with van der Waals surface area (Å²) in [5.41, 5.74) is 0.954. The highest BCUT2D eigenvalue weighted by molar-refractivity contribution is 5.44. The van der Waals surface area contributed by atoms with Crippen LogP contribution in [0.2, 0.25) is 0 Å². The molecule has 3 rings (SSSR count). The lowest BCUT2D eigenvalue weighted by atomic mass is 9.70. The third-order valence-corrected chi connectivity index (χ3v) is 4.54. The molecular weight excluding hydrogens is 240 g/mol. The Bertz CT molecular complexity index is 449. The van der Waals surface area contributed by atoms with Crippen molar-refractivity contribution in [2.75, 3.05) is 13.2 Å². The Morgan fingerprint density at radius 1 is 1.05 bits per heavy atom. The van der Waals surface area contributed by atoms with Crippen LogP contribution >= 0.6 is 0 Å². The third kappa shape index (κ3) is 2.44. The van der Waals surface area contributed by atoms with Crippen molar-refractivity contribution in [2.45, 2.75) is 45.1 Å². The van der Waals surface area contributed by atoms with Crippen LogP contribution in [0.5, 0.6) is 11.5 Å². The summed E-state index contributed by atoms with van der Waals surface area (Å²) in [5.74, 6) is 1.55. The average Bonchev–Trinajstić information content (AvgIpc) is 2.47.